The van der Waals surface area contributed by atoms with Crippen molar-refractivity contribution in [3.63, 3.8) is 0 Å². The average molecular weight is 307 g/mol. The number of hydrogen-bond donors (Lipinski definition) is 0. The number of aryl methyl sites for hydroxylation is 3. The monoisotopic (exact) mass is 307 g/mol. The summed E-state index contributed by atoms with van der Waals surface area (Å²) < 4.78 is 0. The van der Waals surface area contributed by atoms with Gasteiger partial charge in [0, 0.05) is 0 Å². The van der Waals surface area contributed by atoms with Crippen molar-refractivity contribution in [1.29, 1.82) is 0 Å². The quantitative estimate of drug-likeness (QED) is 0.589. The van der Waals surface area contributed by atoms with Crippen LogP contribution in [0.15, 0.2) is 24.3 Å². The summed E-state index contributed by atoms with van der Waals surface area (Å²) in [7, 11) is 0. The number of benzene rings is 1. The van der Waals surface area contributed by atoms with Crippen molar-refractivity contribution < 1.29 is 9.59 Å². The van der Waals surface area contributed by atoms with Gasteiger partial charge < -0.3 is 0 Å². The summed E-state index contributed by atoms with van der Waals surface area (Å²) >= 11 is 0. The van der Waals surface area contributed by atoms with Gasteiger partial charge in [0.15, 0.2) is 0 Å². The summed E-state index contributed by atoms with van der Waals surface area (Å²) in [5.41, 5.74) is 4.30. The van der Waals surface area contributed by atoms with Crippen LogP contribution in [0.3, 0.4) is 0 Å². The van der Waals surface area contributed by atoms with E-state index in [0.717, 1.165) is 16.8 Å². The number of rotatable bonds is 1. The number of fused-ring (bicyclic) bond motifs is 3. The van der Waals surface area contributed by atoms with Gasteiger partial charge >= 0.3 is 0 Å². The molecule has 3 fully saturated rings. The van der Waals surface area contributed by atoms with E-state index in [1.165, 1.54) is 23.3 Å². The highest BCUT2D eigenvalue weighted by Crippen LogP contribution is 2.73. The second-order valence-electron chi connectivity index (χ2n) is 7.98. The van der Waals surface area contributed by atoms with E-state index in [9.17, 15) is 9.59 Å². The highest BCUT2D eigenvalue weighted by molar-refractivity contribution is 6.23. The van der Waals surface area contributed by atoms with E-state index in [1.807, 2.05) is 20.8 Å². The van der Waals surface area contributed by atoms with Crippen molar-refractivity contribution in [1.82, 2.24) is 0 Å². The van der Waals surface area contributed by atoms with Gasteiger partial charge in [0.2, 0.25) is 11.8 Å². The molecular formula is C20H21NO2. The van der Waals surface area contributed by atoms with Crippen LogP contribution in [0.5, 0.6) is 0 Å². The summed E-state index contributed by atoms with van der Waals surface area (Å²) in [6.07, 6.45) is 6.82. The Morgan fingerprint density at radius 3 is 1.83 bits per heavy atom. The lowest BCUT2D eigenvalue weighted by molar-refractivity contribution is -0.123. The third kappa shape index (κ3) is 1.42. The zero-order chi connectivity index (χ0) is 16.1. The van der Waals surface area contributed by atoms with E-state index in [2.05, 4.69) is 24.3 Å². The number of amides is 2. The van der Waals surface area contributed by atoms with E-state index < -0.39 is 0 Å². The van der Waals surface area contributed by atoms with Crippen molar-refractivity contribution in [3.8, 4) is 0 Å². The lowest BCUT2D eigenvalue weighted by Gasteiger charge is -2.24. The Hall–Kier alpha value is -1.90. The Morgan fingerprint density at radius 2 is 1.39 bits per heavy atom. The molecule has 1 saturated heterocycles. The molecule has 2 bridgehead atoms. The fraction of sp³-hybridized carbons (Fsp3) is 0.500. The highest BCUT2D eigenvalue weighted by atomic mass is 16.2. The summed E-state index contributed by atoms with van der Waals surface area (Å²) in [6, 6.07) is 4.12. The predicted molar refractivity (Wildman–Crippen MR) is 87.9 cm³/mol. The molecule has 2 amide bonds. The zero-order valence-electron chi connectivity index (χ0n) is 13.8. The number of nitrogens with zero attached hydrogens (tertiary/aromatic N) is 1. The first-order valence-electron chi connectivity index (χ1n) is 8.60. The number of anilines is 1. The first-order chi connectivity index (χ1) is 11.0. The molecule has 0 radical (unpaired) electrons. The fourth-order valence-electron chi connectivity index (χ4n) is 5.82. The van der Waals surface area contributed by atoms with Crippen LogP contribution in [0, 0.1) is 49.9 Å². The summed E-state index contributed by atoms with van der Waals surface area (Å²) in [4.78, 5) is 27.8. The molecule has 4 atom stereocenters. The van der Waals surface area contributed by atoms with E-state index in [1.54, 1.807) is 0 Å². The van der Waals surface area contributed by atoms with Crippen LogP contribution in [0.4, 0.5) is 5.69 Å². The molecule has 118 valence electrons. The Kier molecular flexibility index (Phi) is 2.32. The molecule has 3 aliphatic carbocycles. The van der Waals surface area contributed by atoms with Gasteiger partial charge in [0.05, 0.1) is 17.5 Å². The molecule has 23 heavy (non-hydrogen) atoms. The van der Waals surface area contributed by atoms with Crippen molar-refractivity contribution in [3.05, 3.63) is 41.0 Å². The summed E-state index contributed by atoms with van der Waals surface area (Å²) in [6.45, 7) is 6.05. The molecule has 0 aromatic heterocycles. The SMILES string of the molecule is Cc1cc(C)c(N2C(=O)C3C(C2=O)C2C=CC3C23CC3)c(C)c1. The normalized spacial score (nSPS) is 35.5. The Balaban J connectivity index is 1.62. The molecule has 4 aliphatic rings. The molecule has 2 saturated carbocycles. The van der Waals surface area contributed by atoms with Crippen LogP contribution in [0.25, 0.3) is 0 Å². The molecule has 1 heterocycles. The summed E-state index contributed by atoms with van der Waals surface area (Å²) in [5.74, 6) is 0.451. The molecular weight excluding hydrogens is 286 g/mol. The van der Waals surface area contributed by atoms with E-state index >= 15 is 0 Å². The van der Waals surface area contributed by atoms with Gasteiger partial charge in [-0.2, -0.15) is 0 Å². The minimum absolute atomic E-state index is 0.0400. The van der Waals surface area contributed by atoms with Crippen LogP contribution in [-0.2, 0) is 9.59 Å². The molecule has 1 spiro atoms. The van der Waals surface area contributed by atoms with Crippen LogP contribution in [-0.4, -0.2) is 11.8 Å². The summed E-state index contributed by atoms with van der Waals surface area (Å²) in [5, 5.41) is 0. The van der Waals surface area contributed by atoms with Crippen LogP contribution >= 0.6 is 0 Å². The molecule has 3 nitrogen and oxygen atoms in total. The average Bonchev–Trinajstić information content (AvgIpc) is 3.08. The van der Waals surface area contributed by atoms with Gasteiger partial charge in [0.25, 0.3) is 0 Å². The molecule has 5 rings (SSSR count). The lowest BCUT2D eigenvalue weighted by atomic mass is 9.85. The van der Waals surface area contributed by atoms with Gasteiger partial charge in [-0.15, -0.1) is 0 Å². The third-order valence-electron chi connectivity index (χ3n) is 6.71. The second-order valence-corrected chi connectivity index (χ2v) is 7.98. The fourth-order valence-corrected chi connectivity index (χ4v) is 5.82. The largest absolute Gasteiger partial charge is 0.274 e. The van der Waals surface area contributed by atoms with E-state index in [4.69, 9.17) is 0 Å². The Labute approximate surface area is 136 Å². The number of allylic oxidation sites excluding steroid dienone is 2. The maximum Gasteiger partial charge on any atom is 0.238 e. The van der Waals surface area contributed by atoms with Crippen LogP contribution < -0.4 is 4.90 Å². The maximum absolute atomic E-state index is 13.2. The Bertz CT molecular complexity index is 745. The molecule has 1 aromatic carbocycles. The Morgan fingerprint density at radius 1 is 0.913 bits per heavy atom. The second kappa shape index (κ2) is 3.95. The third-order valence-corrected chi connectivity index (χ3v) is 6.71. The lowest BCUT2D eigenvalue weighted by Crippen LogP contribution is -2.35. The topological polar surface area (TPSA) is 37.4 Å². The molecule has 1 aromatic rings. The zero-order valence-corrected chi connectivity index (χ0v) is 13.8. The van der Waals surface area contributed by atoms with Crippen molar-refractivity contribution in [2.24, 2.45) is 29.1 Å². The smallest absolute Gasteiger partial charge is 0.238 e. The number of carbonyl (C=O) groups excluding carboxylic acids is 2. The van der Waals surface area contributed by atoms with Gasteiger partial charge in [-0.1, -0.05) is 29.8 Å². The number of carbonyl (C=O) groups is 2. The first kappa shape index (κ1) is 13.5. The van der Waals surface area contributed by atoms with Crippen molar-refractivity contribution >= 4 is 17.5 Å². The van der Waals surface area contributed by atoms with Crippen molar-refractivity contribution in [2.75, 3.05) is 4.90 Å². The van der Waals surface area contributed by atoms with Gasteiger partial charge in [-0.25, -0.2) is 4.90 Å². The minimum Gasteiger partial charge on any atom is -0.274 e. The molecule has 3 heteroatoms. The maximum atomic E-state index is 13.2. The molecule has 4 unspecified atom stereocenters. The van der Waals surface area contributed by atoms with E-state index in [-0.39, 0.29) is 29.1 Å². The molecule has 0 N–H and O–H groups in total. The molecule has 1 aliphatic heterocycles. The van der Waals surface area contributed by atoms with Crippen molar-refractivity contribution in [2.45, 2.75) is 33.6 Å². The van der Waals surface area contributed by atoms with Gasteiger partial charge in [-0.05, 0) is 62.0 Å². The number of hydrogen-bond acceptors (Lipinski definition) is 2. The highest BCUT2D eigenvalue weighted by Gasteiger charge is 2.73. The first-order valence-corrected chi connectivity index (χ1v) is 8.60. The minimum atomic E-state index is -0.111. The number of imide groups is 1. The van der Waals surface area contributed by atoms with Gasteiger partial charge in [-0.3, -0.25) is 9.59 Å². The predicted octanol–water partition coefficient (Wildman–Crippen LogP) is 3.31. The standard InChI is InChI=1S/C20H21NO2/c1-10-8-11(2)17(12(3)9-10)21-18(22)15-13-4-5-14(16(15)19(21)23)20(13)6-7-20/h4-5,8-9,13-16H,6-7H2,1-3H3. The van der Waals surface area contributed by atoms with Gasteiger partial charge in [0.1, 0.15) is 0 Å². The van der Waals surface area contributed by atoms with Crippen LogP contribution in [0.2, 0.25) is 0 Å². The van der Waals surface area contributed by atoms with E-state index in [0.29, 0.717) is 11.8 Å². The van der Waals surface area contributed by atoms with Crippen LogP contribution in [0.1, 0.15) is 29.5 Å².